The van der Waals surface area contributed by atoms with Crippen molar-refractivity contribution < 1.29 is 14.3 Å². The summed E-state index contributed by atoms with van der Waals surface area (Å²) in [6, 6.07) is 7.30. The second-order valence-electron chi connectivity index (χ2n) is 6.38. The van der Waals surface area contributed by atoms with E-state index in [0.717, 1.165) is 41.1 Å². The van der Waals surface area contributed by atoms with Crippen molar-refractivity contribution in [2.45, 2.75) is 38.3 Å². The van der Waals surface area contributed by atoms with Gasteiger partial charge < -0.3 is 15.4 Å². The van der Waals surface area contributed by atoms with Crippen LogP contribution in [-0.2, 0) is 14.3 Å². The quantitative estimate of drug-likeness (QED) is 0.761. The van der Waals surface area contributed by atoms with Crippen LogP contribution in [0.4, 0.5) is 0 Å². The lowest BCUT2D eigenvalue weighted by Crippen LogP contribution is -2.42. The molecule has 6 nitrogen and oxygen atoms in total. The standard InChI is InChI=1S/C19H23N3O3S/c1-12-18(26-11-21-12)14-7-5-13(6-8-14)16(10-17(23)25-2)22-19(24)15-4-3-9-20-15/h5-8,11,15-16,20H,3-4,9-10H2,1-2H3,(H,22,24). The SMILES string of the molecule is COC(=O)CC(NC(=O)C1CCCN1)c1ccc(-c2scnc2C)cc1. The van der Waals surface area contributed by atoms with E-state index in [-0.39, 0.29) is 24.3 Å². The first kappa shape index (κ1) is 18.5. The van der Waals surface area contributed by atoms with Crippen LogP contribution in [-0.4, -0.2) is 36.6 Å². The van der Waals surface area contributed by atoms with Crippen molar-refractivity contribution in [2.75, 3.05) is 13.7 Å². The summed E-state index contributed by atoms with van der Waals surface area (Å²) < 4.78 is 4.80. The highest BCUT2D eigenvalue weighted by Crippen LogP contribution is 2.29. The van der Waals surface area contributed by atoms with E-state index in [0.29, 0.717) is 0 Å². The molecule has 3 rings (SSSR count). The Bertz CT molecular complexity index is 767. The summed E-state index contributed by atoms with van der Waals surface area (Å²) in [7, 11) is 1.36. The molecule has 1 aliphatic heterocycles. The van der Waals surface area contributed by atoms with E-state index in [1.807, 2.05) is 36.7 Å². The third kappa shape index (κ3) is 4.28. The molecule has 0 radical (unpaired) electrons. The average molecular weight is 373 g/mol. The molecule has 2 heterocycles. The van der Waals surface area contributed by atoms with Gasteiger partial charge >= 0.3 is 5.97 Å². The van der Waals surface area contributed by atoms with Crippen molar-refractivity contribution in [3.63, 3.8) is 0 Å². The minimum atomic E-state index is -0.408. The first-order valence-corrected chi connectivity index (χ1v) is 9.57. The summed E-state index contributed by atoms with van der Waals surface area (Å²) in [5.74, 6) is -0.421. The Morgan fingerprint density at radius 2 is 2.15 bits per heavy atom. The molecular weight excluding hydrogens is 350 g/mol. The first-order chi connectivity index (χ1) is 12.6. The molecule has 1 saturated heterocycles. The lowest BCUT2D eigenvalue weighted by Gasteiger charge is -2.21. The van der Waals surface area contributed by atoms with E-state index >= 15 is 0 Å². The molecule has 1 aromatic heterocycles. The second-order valence-corrected chi connectivity index (χ2v) is 7.23. The Balaban J connectivity index is 1.78. The van der Waals surface area contributed by atoms with Gasteiger partial charge in [-0.15, -0.1) is 11.3 Å². The zero-order chi connectivity index (χ0) is 18.5. The molecule has 0 saturated carbocycles. The highest BCUT2D eigenvalue weighted by atomic mass is 32.1. The van der Waals surface area contributed by atoms with E-state index in [4.69, 9.17) is 4.74 Å². The number of methoxy groups -OCH3 is 1. The first-order valence-electron chi connectivity index (χ1n) is 8.69. The fourth-order valence-corrected chi connectivity index (χ4v) is 3.94. The molecule has 1 fully saturated rings. The van der Waals surface area contributed by atoms with E-state index in [9.17, 15) is 9.59 Å². The lowest BCUT2D eigenvalue weighted by molar-refractivity contribution is -0.141. The molecule has 138 valence electrons. The van der Waals surface area contributed by atoms with Crippen LogP contribution in [0.1, 0.15) is 36.6 Å². The minimum absolute atomic E-state index is 0.0706. The molecule has 1 amide bonds. The van der Waals surface area contributed by atoms with Gasteiger partial charge in [-0.3, -0.25) is 9.59 Å². The minimum Gasteiger partial charge on any atom is -0.469 e. The molecule has 26 heavy (non-hydrogen) atoms. The maximum Gasteiger partial charge on any atom is 0.307 e. The zero-order valence-electron chi connectivity index (χ0n) is 15.0. The molecule has 7 heteroatoms. The van der Waals surface area contributed by atoms with E-state index in [2.05, 4.69) is 15.6 Å². The van der Waals surface area contributed by atoms with Gasteiger partial charge in [-0.2, -0.15) is 0 Å². The Morgan fingerprint density at radius 3 is 2.73 bits per heavy atom. The van der Waals surface area contributed by atoms with Crippen LogP contribution in [0.5, 0.6) is 0 Å². The fraction of sp³-hybridized carbons (Fsp3) is 0.421. The maximum absolute atomic E-state index is 12.5. The van der Waals surface area contributed by atoms with Gasteiger partial charge in [-0.1, -0.05) is 24.3 Å². The average Bonchev–Trinajstić information content (AvgIpc) is 3.33. The van der Waals surface area contributed by atoms with Crippen LogP contribution in [0.15, 0.2) is 29.8 Å². The summed E-state index contributed by atoms with van der Waals surface area (Å²) in [5.41, 5.74) is 4.78. The Morgan fingerprint density at radius 1 is 1.38 bits per heavy atom. The number of thiazole rings is 1. The normalized spacial score (nSPS) is 17.7. The topological polar surface area (TPSA) is 80.3 Å². The number of nitrogens with zero attached hydrogens (tertiary/aromatic N) is 1. The molecular formula is C19H23N3O3S. The number of hydrogen-bond acceptors (Lipinski definition) is 6. The Hall–Kier alpha value is -2.25. The van der Waals surface area contributed by atoms with Crippen molar-refractivity contribution in [3.8, 4) is 10.4 Å². The number of esters is 1. The number of amides is 1. The van der Waals surface area contributed by atoms with Gasteiger partial charge in [0.25, 0.3) is 0 Å². The number of ether oxygens (including phenoxy) is 1. The van der Waals surface area contributed by atoms with Gasteiger partial charge in [-0.25, -0.2) is 4.98 Å². The predicted molar refractivity (Wildman–Crippen MR) is 101 cm³/mol. The van der Waals surface area contributed by atoms with Gasteiger partial charge in [0.05, 0.1) is 41.7 Å². The maximum atomic E-state index is 12.5. The summed E-state index contributed by atoms with van der Waals surface area (Å²) in [5, 5.41) is 6.17. The number of carbonyl (C=O) groups excluding carboxylic acids is 2. The molecule has 2 unspecified atom stereocenters. The predicted octanol–water partition coefficient (Wildman–Crippen LogP) is 2.59. The van der Waals surface area contributed by atoms with Crippen molar-refractivity contribution in [1.82, 2.24) is 15.6 Å². The second kappa shape index (κ2) is 8.42. The van der Waals surface area contributed by atoms with Crippen molar-refractivity contribution in [2.24, 2.45) is 0 Å². The van der Waals surface area contributed by atoms with Crippen LogP contribution in [0, 0.1) is 6.92 Å². The van der Waals surface area contributed by atoms with Crippen LogP contribution in [0.3, 0.4) is 0 Å². The van der Waals surface area contributed by atoms with Crippen LogP contribution < -0.4 is 10.6 Å². The monoisotopic (exact) mass is 373 g/mol. The Labute approximate surface area is 157 Å². The van der Waals surface area contributed by atoms with Crippen LogP contribution in [0.25, 0.3) is 10.4 Å². The summed E-state index contributed by atoms with van der Waals surface area (Å²) in [6.45, 7) is 2.83. The number of aryl methyl sites for hydroxylation is 1. The van der Waals surface area contributed by atoms with Crippen molar-refractivity contribution >= 4 is 23.2 Å². The number of benzene rings is 1. The fourth-order valence-electron chi connectivity index (χ4n) is 3.13. The molecule has 1 aromatic carbocycles. The third-order valence-corrected chi connectivity index (χ3v) is 5.59. The van der Waals surface area contributed by atoms with Gasteiger partial charge in [0.2, 0.25) is 5.91 Å². The van der Waals surface area contributed by atoms with E-state index in [1.165, 1.54) is 7.11 Å². The lowest BCUT2D eigenvalue weighted by atomic mass is 10.0. The van der Waals surface area contributed by atoms with Gasteiger partial charge in [0.1, 0.15) is 0 Å². The highest BCUT2D eigenvalue weighted by Gasteiger charge is 2.26. The number of rotatable bonds is 6. The van der Waals surface area contributed by atoms with Crippen LogP contribution in [0.2, 0.25) is 0 Å². The number of aromatic nitrogens is 1. The van der Waals surface area contributed by atoms with Crippen LogP contribution >= 0.6 is 11.3 Å². The number of hydrogen-bond donors (Lipinski definition) is 2. The molecule has 1 aliphatic rings. The molecule has 2 aromatic rings. The summed E-state index contributed by atoms with van der Waals surface area (Å²) >= 11 is 1.60. The number of carbonyl (C=O) groups is 2. The van der Waals surface area contributed by atoms with Crippen molar-refractivity contribution in [3.05, 3.63) is 41.0 Å². The highest BCUT2D eigenvalue weighted by molar-refractivity contribution is 7.13. The summed E-state index contributed by atoms with van der Waals surface area (Å²) in [6.07, 6.45) is 1.91. The third-order valence-electron chi connectivity index (χ3n) is 4.61. The van der Waals surface area contributed by atoms with Gasteiger partial charge in [0, 0.05) is 0 Å². The smallest absolute Gasteiger partial charge is 0.307 e. The largest absolute Gasteiger partial charge is 0.469 e. The van der Waals surface area contributed by atoms with E-state index < -0.39 is 6.04 Å². The van der Waals surface area contributed by atoms with Gasteiger partial charge in [-0.05, 0) is 37.4 Å². The number of nitrogens with one attached hydrogen (secondary N) is 2. The molecule has 0 bridgehead atoms. The summed E-state index contributed by atoms with van der Waals surface area (Å²) in [4.78, 5) is 29.7. The van der Waals surface area contributed by atoms with Gasteiger partial charge in [0.15, 0.2) is 0 Å². The Kier molecular flexibility index (Phi) is 6.00. The molecule has 2 atom stereocenters. The molecule has 0 aliphatic carbocycles. The zero-order valence-corrected chi connectivity index (χ0v) is 15.8. The van der Waals surface area contributed by atoms with Crippen molar-refractivity contribution in [1.29, 1.82) is 0 Å². The molecule has 0 spiro atoms. The molecule has 2 N–H and O–H groups in total. The van der Waals surface area contributed by atoms with E-state index in [1.54, 1.807) is 11.3 Å².